The molecule has 1 aromatic rings. The summed E-state index contributed by atoms with van der Waals surface area (Å²) in [5.41, 5.74) is 1.87. The van der Waals surface area contributed by atoms with Crippen LogP contribution < -0.4 is 0 Å². The van der Waals surface area contributed by atoms with Crippen LogP contribution in [0.1, 0.15) is 4.88 Å². The maximum atomic E-state index is 4.02. The third-order valence-corrected chi connectivity index (χ3v) is 2.49. The van der Waals surface area contributed by atoms with E-state index >= 15 is 0 Å². The second-order valence-corrected chi connectivity index (χ2v) is 4.16. The summed E-state index contributed by atoms with van der Waals surface area (Å²) in [4.78, 5) is 7.61. The Morgan fingerprint density at radius 2 is 2.55 bits per heavy atom. The Morgan fingerprint density at radius 3 is 3.09 bits per heavy atom. The van der Waals surface area contributed by atoms with Crippen LogP contribution in [0.3, 0.4) is 0 Å². The molecule has 0 aliphatic carbocycles. The van der Waals surface area contributed by atoms with Crippen LogP contribution in [0.25, 0.3) is 0 Å². The van der Waals surface area contributed by atoms with Gasteiger partial charge in [0.2, 0.25) is 0 Å². The van der Waals surface area contributed by atoms with E-state index in [1.807, 2.05) is 11.7 Å². The number of alkyl halides is 1. The van der Waals surface area contributed by atoms with Gasteiger partial charge in [0.1, 0.15) is 0 Å². The van der Waals surface area contributed by atoms with Crippen molar-refractivity contribution in [3.05, 3.63) is 16.6 Å². The molecule has 11 heavy (non-hydrogen) atoms. The highest BCUT2D eigenvalue weighted by molar-refractivity contribution is 9.09. The molecule has 0 fully saturated rings. The summed E-state index contributed by atoms with van der Waals surface area (Å²) in [5.74, 6) is 0. The fourth-order valence-corrected chi connectivity index (χ4v) is 2.09. The zero-order valence-corrected chi connectivity index (χ0v) is 8.86. The molecule has 62 valence electrons. The van der Waals surface area contributed by atoms with Crippen LogP contribution in [-0.4, -0.2) is 28.8 Å². The van der Waals surface area contributed by atoms with Crippen LogP contribution in [0, 0.1) is 0 Å². The molecule has 0 atom stereocenters. The van der Waals surface area contributed by atoms with Gasteiger partial charge in [-0.25, -0.2) is 0 Å². The second-order valence-electron chi connectivity index (χ2n) is 2.39. The Hall–Kier alpha value is 0.0700. The van der Waals surface area contributed by atoms with Crippen molar-refractivity contribution >= 4 is 27.3 Å². The summed E-state index contributed by atoms with van der Waals surface area (Å²) >= 11 is 5.11. The maximum absolute atomic E-state index is 4.02. The molecule has 1 aromatic heterocycles. The van der Waals surface area contributed by atoms with Crippen LogP contribution in [0.15, 0.2) is 11.7 Å². The highest BCUT2D eigenvalue weighted by Crippen LogP contribution is 2.07. The van der Waals surface area contributed by atoms with E-state index in [-0.39, 0.29) is 0 Å². The molecule has 0 bridgehead atoms. The minimum atomic E-state index is 1.01. The van der Waals surface area contributed by atoms with Gasteiger partial charge in [0.15, 0.2) is 0 Å². The molecule has 2 nitrogen and oxygen atoms in total. The lowest BCUT2D eigenvalue weighted by Gasteiger charge is -2.12. The van der Waals surface area contributed by atoms with Gasteiger partial charge in [0.05, 0.1) is 5.51 Å². The first-order valence-corrected chi connectivity index (χ1v) is 5.45. The van der Waals surface area contributed by atoms with E-state index in [9.17, 15) is 0 Å². The molecule has 0 aliphatic rings. The van der Waals surface area contributed by atoms with Crippen LogP contribution in [0.2, 0.25) is 0 Å². The Morgan fingerprint density at radius 1 is 1.73 bits per heavy atom. The summed E-state index contributed by atoms with van der Waals surface area (Å²) in [6.45, 7) is 2.09. The molecule has 0 aromatic carbocycles. The summed E-state index contributed by atoms with van der Waals surface area (Å²) in [5, 5.41) is 1.03. The van der Waals surface area contributed by atoms with Crippen molar-refractivity contribution in [2.45, 2.75) is 6.54 Å². The lowest BCUT2D eigenvalue weighted by atomic mass is 10.5. The summed E-state index contributed by atoms with van der Waals surface area (Å²) in [6, 6.07) is 0. The molecule has 0 spiro atoms. The zero-order valence-electron chi connectivity index (χ0n) is 6.46. The first-order valence-electron chi connectivity index (χ1n) is 3.45. The normalized spacial score (nSPS) is 10.8. The van der Waals surface area contributed by atoms with Crippen molar-refractivity contribution < 1.29 is 0 Å². The quantitative estimate of drug-likeness (QED) is 0.742. The number of hydrogen-bond acceptors (Lipinski definition) is 3. The maximum Gasteiger partial charge on any atom is 0.0794 e. The fraction of sp³-hybridized carbons (Fsp3) is 0.571. The lowest BCUT2D eigenvalue weighted by molar-refractivity contribution is 0.352. The van der Waals surface area contributed by atoms with Crippen LogP contribution in [0.5, 0.6) is 0 Å². The van der Waals surface area contributed by atoms with Gasteiger partial charge in [-0.15, -0.1) is 11.3 Å². The standard InChI is InChI=1S/C7H11BrN2S/c1-10(3-2-8)5-7-4-9-6-11-7/h4,6H,2-3,5H2,1H3. The van der Waals surface area contributed by atoms with E-state index in [0.717, 1.165) is 18.4 Å². The Balaban J connectivity index is 2.31. The Labute approximate surface area is 79.4 Å². The van der Waals surface area contributed by atoms with Gasteiger partial charge in [-0.05, 0) is 7.05 Å². The molecule has 0 saturated heterocycles. The number of rotatable bonds is 4. The van der Waals surface area contributed by atoms with Crippen molar-refractivity contribution in [3.63, 3.8) is 0 Å². The topological polar surface area (TPSA) is 16.1 Å². The average Bonchev–Trinajstić information content (AvgIpc) is 2.40. The lowest BCUT2D eigenvalue weighted by Crippen LogP contribution is -2.19. The van der Waals surface area contributed by atoms with Gasteiger partial charge >= 0.3 is 0 Å². The number of halogens is 1. The van der Waals surface area contributed by atoms with Gasteiger partial charge in [-0.2, -0.15) is 0 Å². The number of aromatic nitrogens is 1. The highest BCUT2D eigenvalue weighted by atomic mass is 79.9. The Kier molecular flexibility index (Phi) is 4.04. The monoisotopic (exact) mass is 234 g/mol. The molecular formula is C7H11BrN2S. The SMILES string of the molecule is CN(CCBr)Cc1cncs1. The Bertz CT molecular complexity index is 188. The van der Waals surface area contributed by atoms with Crippen molar-refractivity contribution in [2.75, 3.05) is 18.9 Å². The predicted molar refractivity (Wildman–Crippen MR) is 52.2 cm³/mol. The van der Waals surface area contributed by atoms with Crippen molar-refractivity contribution in [2.24, 2.45) is 0 Å². The predicted octanol–water partition coefficient (Wildman–Crippen LogP) is 1.97. The van der Waals surface area contributed by atoms with E-state index < -0.39 is 0 Å². The van der Waals surface area contributed by atoms with E-state index in [1.54, 1.807) is 11.3 Å². The van der Waals surface area contributed by atoms with Crippen LogP contribution in [0.4, 0.5) is 0 Å². The number of nitrogens with zero attached hydrogens (tertiary/aromatic N) is 2. The van der Waals surface area contributed by atoms with Crippen molar-refractivity contribution in [1.29, 1.82) is 0 Å². The largest absolute Gasteiger partial charge is 0.300 e. The van der Waals surface area contributed by atoms with Crippen molar-refractivity contribution in [1.82, 2.24) is 9.88 Å². The smallest absolute Gasteiger partial charge is 0.0794 e. The van der Waals surface area contributed by atoms with Gasteiger partial charge in [0, 0.05) is 29.5 Å². The van der Waals surface area contributed by atoms with Gasteiger partial charge < -0.3 is 4.90 Å². The van der Waals surface area contributed by atoms with E-state index in [0.29, 0.717) is 0 Å². The van der Waals surface area contributed by atoms with Crippen molar-refractivity contribution in [3.8, 4) is 0 Å². The van der Waals surface area contributed by atoms with E-state index in [4.69, 9.17) is 0 Å². The van der Waals surface area contributed by atoms with Gasteiger partial charge in [-0.1, -0.05) is 15.9 Å². The molecule has 4 heteroatoms. The zero-order chi connectivity index (χ0) is 8.10. The third kappa shape index (κ3) is 3.31. The first-order chi connectivity index (χ1) is 5.33. The summed E-state index contributed by atoms with van der Waals surface area (Å²) in [6.07, 6.45) is 1.93. The van der Waals surface area contributed by atoms with E-state index in [2.05, 4.69) is 32.9 Å². The number of thiazole rings is 1. The molecule has 0 radical (unpaired) electrons. The fourth-order valence-electron chi connectivity index (χ4n) is 0.810. The third-order valence-electron chi connectivity index (χ3n) is 1.38. The molecule has 1 rings (SSSR count). The van der Waals surface area contributed by atoms with Gasteiger partial charge in [0.25, 0.3) is 0 Å². The molecule has 1 heterocycles. The average molecular weight is 235 g/mol. The van der Waals surface area contributed by atoms with Gasteiger partial charge in [-0.3, -0.25) is 4.98 Å². The van der Waals surface area contributed by atoms with Crippen LogP contribution >= 0.6 is 27.3 Å². The molecular weight excluding hydrogens is 224 g/mol. The highest BCUT2D eigenvalue weighted by Gasteiger charge is 1.99. The molecule has 0 amide bonds. The van der Waals surface area contributed by atoms with Crippen LogP contribution in [-0.2, 0) is 6.54 Å². The molecule has 0 aliphatic heterocycles. The summed E-state index contributed by atoms with van der Waals surface area (Å²) in [7, 11) is 2.11. The first kappa shape index (κ1) is 9.16. The molecule has 0 unspecified atom stereocenters. The summed E-state index contributed by atoms with van der Waals surface area (Å²) < 4.78 is 0. The number of hydrogen-bond donors (Lipinski definition) is 0. The minimum absolute atomic E-state index is 1.01. The minimum Gasteiger partial charge on any atom is -0.300 e. The molecule has 0 saturated carbocycles. The van der Waals surface area contributed by atoms with E-state index in [1.165, 1.54) is 4.88 Å². The second kappa shape index (κ2) is 4.85. The molecule has 0 N–H and O–H groups in total.